The molecule has 0 unspecified atom stereocenters. The summed E-state index contributed by atoms with van der Waals surface area (Å²) in [4.78, 5) is 25.4. The third kappa shape index (κ3) is 3.59. The number of rotatable bonds is 5. The molecule has 0 aliphatic carbocycles. The van der Waals surface area contributed by atoms with Gasteiger partial charge in [0.25, 0.3) is 0 Å². The van der Waals surface area contributed by atoms with Gasteiger partial charge in [0, 0.05) is 11.1 Å². The molecule has 0 atom stereocenters. The number of ketones is 1. The Bertz CT molecular complexity index is 1100. The van der Waals surface area contributed by atoms with Gasteiger partial charge < -0.3 is 10.5 Å². The Morgan fingerprint density at radius 2 is 2.04 bits per heavy atom. The van der Waals surface area contributed by atoms with E-state index >= 15 is 0 Å². The number of benzene rings is 1. The number of carbonyl (C=O) groups is 2. The van der Waals surface area contributed by atoms with E-state index < -0.39 is 18.4 Å². The van der Waals surface area contributed by atoms with E-state index in [-0.39, 0.29) is 11.3 Å². The van der Waals surface area contributed by atoms with Gasteiger partial charge >= 0.3 is 5.97 Å². The molecule has 1 aromatic carbocycles. The zero-order valence-corrected chi connectivity index (χ0v) is 15.5. The van der Waals surface area contributed by atoms with Crippen molar-refractivity contribution in [1.82, 2.24) is 9.78 Å². The number of hydrogen-bond acceptors (Lipinski definition) is 7. The predicted molar refractivity (Wildman–Crippen MR) is 101 cm³/mol. The molecule has 0 fully saturated rings. The Labute approximate surface area is 159 Å². The molecule has 0 spiro atoms. The van der Waals surface area contributed by atoms with Crippen LogP contribution in [-0.4, -0.2) is 28.1 Å². The van der Waals surface area contributed by atoms with E-state index in [1.165, 1.54) is 18.3 Å². The standard InChI is InChI=1S/C19H16N4O3S/c1-11(21)15(9-20)16(24)10-26-19(25)17-8-14-12(2)22-23(18(14)27-17)13-6-4-3-5-7-13/h3-8H,10,21H2,1-2H3. The van der Waals surface area contributed by atoms with Crippen molar-refractivity contribution in [2.45, 2.75) is 13.8 Å². The molecule has 7 nitrogen and oxygen atoms in total. The Morgan fingerprint density at radius 1 is 1.33 bits per heavy atom. The molecular formula is C19H16N4O3S. The summed E-state index contributed by atoms with van der Waals surface area (Å²) >= 11 is 1.23. The number of nitrogens with two attached hydrogens (primary N) is 1. The summed E-state index contributed by atoms with van der Waals surface area (Å²) in [5.41, 5.74) is 7.05. The fourth-order valence-corrected chi connectivity index (χ4v) is 3.61. The number of aryl methyl sites for hydroxylation is 1. The maximum Gasteiger partial charge on any atom is 0.348 e. The average molecular weight is 380 g/mol. The first-order chi connectivity index (χ1) is 12.9. The van der Waals surface area contributed by atoms with Crippen LogP contribution in [0.2, 0.25) is 0 Å². The SMILES string of the molecule is CC(N)=C(C#N)C(=O)COC(=O)c1cc2c(C)nn(-c3ccccc3)c2s1. The number of nitriles is 1. The lowest BCUT2D eigenvalue weighted by Crippen LogP contribution is -2.17. The normalized spacial score (nSPS) is 11.7. The maximum atomic E-state index is 12.3. The number of thiophene rings is 1. The number of para-hydroxylation sites is 1. The molecule has 0 saturated heterocycles. The molecule has 3 aromatic rings. The van der Waals surface area contributed by atoms with E-state index in [0.717, 1.165) is 21.6 Å². The van der Waals surface area contributed by atoms with Crippen LogP contribution in [0.3, 0.4) is 0 Å². The highest BCUT2D eigenvalue weighted by molar-refractivity contribution is 7.20. The number of fused-ring (bicyclic) bond motifs is 1. The fraction of sp³-hybridized carbons (Fsp3) is 0.158. The Balaban J connectivity index is 1.84. The van der Waals surface area contributed by atoms with E-state index in [0.29, 0.717) is 4.88 Å². The van der Waals surface area contributed by atoms with Crippen molar-refractivity contribution >= 4 is 33.3 Å². The second kappa shape index (κ2) is 7.43. The summed E-state index contributed by atoms with van der Waals surface area (Å²) < 4.78 is 6.83. The van der Waals surface area contributed by atoms with Crippen LogP contribution in [0.4, 0.5) is 0 Å². The number of ether oxygens (including phenoxy) is 1. The minimum absolute atomic E-state index is 0.0963. The van der Waals surface area contributed by atoms with Gasteiger partial charge in [-0.05, 0) is 32.0 Å². The highest BCUT2D eigenvalue weighted by Gasteiger charge is 2.20. The van der Waals surface area contributed by atoms with E-state index in [1.54, 1.807) is 16.8 Å². The maximum absolute atomic E-state index is 12.3. The predicted octanol–water partition coefficient (Wildman–Crippen LogP) is 2.88. The van der Waals surface area contributed by atoms with Crippen molar-refractivity contribution in [3.05, 3.63) is 58.2 Å². The lowest BCUT2D eigenvalue weighted by molar-refractivity contribution is -0.118. The summed E-state index contributed by atoms with van der Waals surface area (Å²) in [6, 6.07) is 13.0. The average Bonchev–Trinajstić information content (AvgIpc) is 3.21. The Morgan fingerprint density at radius 3 is 2.67 bits per heavy atom. The van der Waals surface area contributed by atoms with E-state index in [9.17, 15) is 9.59 Å². The number of hydrogen-bond donors (Lipinski definition) is 1. The van der Waals surface area contributed by atoms with Crippen LogP contribution in [0.15, 0.2) is 47.7 Å². The Hall–Kier alpha value is -3.44. The number of Topliss-reactive ketones (excluding diaryl/α,β-unsaturated/α-hetero) is 1. The van der Waals surface area contributed by atoms with Gasteiger partial charge in [-0.25, -0.2) is 9.48 Å². The molecule has 3 rings (SSSR count). The van der Waals surface area contributed by atoms with Crippen molar-refractivity contribution in [3.63, 3.8) is 0 Å². The molecule has 0 saturated carbocycles. The second-order valence-corrected chi connectivity index (χ2v) is 6.86. The molecule has 2 heterocycles. The topological polar surface area (TPSA) is 111 Å². The molecular weight excluding hydrogens is 364 g/mol. The monoisotopic (exact) mass is 380 g/mol. The first-order valence-electron chi connectivity index (χ1n) is 8.03. The molecule has 2 aromatic heterocycles. The van der Waals surface area contributed by atoms with Gasteiger partial charge in [-0.2, -0.15) is 10.4 Å². The lowest BCUT2D eigenvalue weighted by Gasteiger charge is -2.03. The first-order valence-corrected chi connectivity index (χ1v) is 8.85. The number of allylic oxidation sites excluding steroid dienone is 1. The van der Waals surface area contributed by atoms with Crippen molar-refractivity contribution in [2.24, 2.45) is 5.73 Å². The largest absolute Gasteiger partial charge is 0.453 e. The van der Waals surface area contributed by atoms with Crippen molar-refractivity contribution in [1.29, 1.82) is 5.26 Å². The van der Waals surface area contributed by atoms with Crippen LogP contribution >= 0.6 is 11.3 Å². The third-order valence-corrected chi connectivity index (χ3v) is 4.96. The van der Waals surface area contributed by atoms with Crippen LogP contribution in [0.25, 0.3) is 15.9 Å². The molecule has 0 aliphatic rings. The highest BCUT2D eigenvalue weighted by atomic mass is 32.1. The molecule has 8 heteroatoms. The number of nitrogens with zero attached hydrogens (tertiary/aromatic N) is 3. The van der Waals surface area contributed by atoms with Gasteiger partial charge in [0.2, 0.25) is 5.78 Å². The van der Waals surface area contributed by atoms with Crippen LogP contribution in [0.1, 0.15) is 22.3 Å². The van der Waals surface area contributed by atoms with E-state index in [4.69, 9.17) is 15.7 Å². The van der Waals surface area contributed by atoms with Crippen molar-refractivity contribution < 1.29 is 14.3 Å². The molecule has 0 amide bonds. The molecule has 2 N–H and O–H groups in total. The lowest BCUT2D eigenvalue weighted by atomic mass is 10.1. The van der Waals surface area contributed by atoms with E-state index in [1.807, 2.05) is 37.3 Å². The molecule has 0 aliphatic heterocycles. The van der Waals surface area contributed by atoms with Gasteiger partial charge in [-0.3, -0.25) is 4.79 Å². The zero-order valence-electron chi connectivity index (χ0n) is 14.7. The van der Waals surface area contributed by atoms with Crippen molar-refractivity contribution in [3.8, 4) is 11.8 Å². The summed E-state index contributed by atoms with van der Waals surface area (Å²) in [5.74, 6) is -1.26. The zero-order chi connectivity index (χ0) is 19.6. The molecule has 136 valence electrons. The minimum Gasteiger partial charge on any atom is -0.453 e. The van der Waals surface area contributed by atoms with Crippen LogP contribution in [0.5, 0.6) is 0 Å². The Kier molecular flexibility index (Phi) is 5.05. The van der Waals surface area contributed by atoms with Gasteiger partial charge in [-0.1, -0.05) is 18.2 Å². The smallest absolute Gasteiger partial charge is 0.348 e. The summed E-state index contributed by atoms with van der Waals surface area (Å²) in [6.45, 7) is 2.78. The van der Waals surface area contributed by atoms with Crippen LogP contribution in [-0.2, 0) is 9.53 Å². The van der Waals surface area contributed by atoms with Crippen molar-refractivity contribution in [2.75, 3.05) is 6.61 Å². The molecule has 27 heavy (non-hydrogen) atoms. The quantitative estimate of drug-likeness (QED) is 0.414. The number of esters is 1. The van der Waals surface area contributed by atoms with Crippen LogP contribution < -0.4 is 5.73 Å². The van der Waals surface area contributed by atoms with E-state index in [2.05, 4.69) is 5.10 Å². The number of aromatic nitrogens is 2. The van der Waals surface area contributed by atoms with Gasteiger partial charge in [-0.15, -0.1) is 11.3 Å². The van der Waals surface area contributed by atoms with Gasteiger partial charge in [0.1, 0.15) is 21.3 Å². The third-order valence-electron chi connectivity index (χ3n) is 3.87. The van der Waals surface area contributed by atoms with Crippen LogP contribution in [0, 0.1) is 18.3 Å². The fourth-order valence-electron chi connectivity index (χ4n) is 2.54. The second-order valence-electron chi connectivity index (χ2n) is 5.83. The highest BCUT2D eigenvalue weighted by Crippen LogP contribution is 2.30. The minimum atomic E-state index is -0.629. The molecule has 0 bridgehead atoms. The first kappa shape index (κ1) is 18.4. The van der Waals surface area contributed by atoms with Gasteiger partial charge in [0.15, 0.2) is 6.61 Å². The molecule has 0 radical (unpaired) electrons. The summed E-state index contributed by atoms with van der Waals surface area (Å²) in [7, 11) is 0. The van der Waals surface area contributed by atoms with Gasteiger partial charge in [0.05, 0.1) is 11.4 Å². The summed E-state index contributed by atoms with van der Waals surface area (Å²) in [6.07, 6.45) is 0. The number of carbonyl (C=O) groups excluding carboxylic acids is 2. The summed E-state index contributed by atoms with van der Waals surface area (Å²) in [5, 5.41) is 14.3.